The van der Waals surface area contributed by atoms with Crippen LogP contribution in [-0.4, -0.2) is 88.7 Å². The van der Waals surface area contributed by atoms with E-state index in [0.29, 0.717) is 11.1 Å². The Hall–Kier alpha value is -2.96. The Morgan fingerprint density at radius 1 is 0.522 bits per heavy atom. The first-order valence-corrected chi connectivity index (χ1v) is 12.9. The number of rotatable bonds is 11. The first-order chi connectivity index (χ1) is 20.7. The predicted octanol–water partition coefficient (Wildman–Crippen LogP) is 8.20. The highest BCUT2D eigenvalue weighted by molar-refractivity contribution is 6.22. The maximum absolute atomic E-state index is 14.6. The van der Waals surface area contributed by atoms with E-state index in [1.165, 1.54) is 4.90 Å². The SMILES string of the molecule is O=C(N1CCN(C(c2ccccc2)c2ccccc2)CC1)C(F)(F)C(F)(F)C(F)(F)C(F)(F)C(F)(F)C(F)(F)C(F)(F)C(F)(F)Cl. The molecular formula is C26H19ClF16N2O. The average Bonchev–Trinajstić information content (AvgIpc) is 2.97. The number of hydrogen-bond acceptors (Lipinski definition) is 2. The quantitative estimate of drug-likeness (QED) is 0.173. The molecule has 1 heterocycles. The molecule has 3 rings (SSSR count). The molecule has 1 aliphatic heterocycles. The van der Waals surface area contributed by atoms with Gasteiger partial charge in [-0.05, 0) is 22.7 Å². The van der Waals surface area contributed by atoms with Crippen molar-refractivity contribution in [3.05, 3.63) is 71.8 Å². The minimum Gasteiger partial charge on any atom is -0.335 e. The van der Waals surface area contributed by atoms with Gasteiger partial charge in [0, 0.05) is 26.2 Å². The van der Waals surface area contributed by atoms with E-state index in [9.17, 15) is 75.0 Å². The Morgan fingerprint density at radius 3 is 1.20 bits per heavy atom. The van der Waals surface area contributed by atoms with Crippen LogP contribution in [0.3, 0.4) is 0 Å². The largest absolute Gasteiger partial charge is 0.393 e. The lowest BCUT2D eigenvalue weighted by Crippen LogP contribution is -2.75. The van der Waals surface area contributed by atoms with Crippen molar-refractivity contribution in [1.82, 2.24) is 9.80 Å². The predicted molar refractivity (Wildman–Crippen MR) is 128 cm³/mol. The Balaban J connectivity index is 1.90. The Morgan fingerprint density at radius 2 is 0.848 bits per heavy atom. The zero-order valence-electron chi connectivity index (χ0n) is 22.4. The van der Waals surface area contributed by atoms with Crippen LogP contribution in [0.15, 0.2) is 60.7 Å². The second-order valence-corrected chi connectivity index (χ2v) is 10.5. The number of piperazine rings is 1. The van der Waals surface area contributed by atoms with Crippen molar-refractivity contribution in [2.24, 2.45) is 0 Å². The molecule has 0 aliphatic carbocycles. The Labute approximate surface area is 253 Å². The van der Waals surface area contributed by atoms with Gasteiger partial charge in [-0.3, -0.25) is 9.69 Å². The maximum atomic E-state index is 14.6. The molecule has 2 aromatic carbocycles. The lowest BCUT2D eigenvalue weighted by atomic mass is 9.88. The van der Waals surface area contributed by atoms with Gasteiger partial charge < -0.3 is 4.90 Å². The molecule has 258 valence electrons. The third kappa shape index (κ3) is 5.64. The van der Waals surface area contributed by atoms with Crippen molar-refractivity contribution < 1.29 is 75.0 Å². The van der Waals surface area contributed by atoms with E-state index in [4.69, 9.17) is 0 Å². The standard InChI is InChI=1S/C26H19ClF16N2O/c27-26(42,43)25(40,41)24(38,39)23(36,37)22(34,35)21(32,33)20(30,31)19(28,29)18(46)45-13-11-44(12-14-45)17(15-7-3-1-4-8-15)16-9-5-2-6-10-16/h1-10,17H,11-14H2. The molecule has 0 N–H and O–H groups in total. The first-order valence-electron chi connectivity index (χ1n) is 12.6. The molecule has 0 unspecified atom stereocenters. The summed E-state index contributed by atoms with van der Waals surface area (Å²) in [7, 11) is 0. The van der Waals surface area contributed by atoms with Crippen molar-refractivity contribution in [2.45, 2.75) is 52.9 Å². The number of halogens is 17. The fourth-order valence-electron chi connectivity index (χ4n) is 4.56. The monoisotopic (exact) mass is 714 g/mol. The van der Waals surface area contributed by atoms with Crippen LogP contribution in [0.5, 0.6) is 0 Å². The second kappa shape index (κ2) is 11.9. The molecule has 0 saturated carbocycles. The lowest BCUT2D eigenvalue weighted by Gasteiger charge is -2.44. The summed E-state index contributed by atoms with van der Waals surface area (Å²) >= 11 is 3.52. The van der Waals surface area contributed by atoms with Crippen LogP contribution in [0.4, 0.5) is 70.2 Å². The van der Waals surface area contributed by atoms with Crippen LogP contribution < -0.4 is 0 Å². The summed E-state index contributed by atoms with van der Waals surface area (Å²) < 4.78 is 221. The molecule has 20 heteroatoms. The Bertz CT molecular complexity index is 1320. The number of nitrogens with zero attached hydrogens (tertiary/aromatic N) is 2. The van der Waals surface area contributed by atoms with E-state index in [0.717, 1.165) is 0 Å². The van der Waals surface area contributed by atoms with Gasteiger partial charge in [-0.25, -0.2) is 0 Å². The van der Waals surface area contributed by atoms with Gasteiger partial charge in [0.05, 0.1) is 6.04 Å². The van der Waals surface area contributed by atoms with Gasteiger partial charge in [-0.2, -0.15) is 70.2 Å². The fourth-order valence-corrected chi connectivity index (χ4v) is 4.68. The van der Waals surface area contributed by atoms with Crippen molar-refractivity contribution in [2.75, 3.05) is 26.2 Å². The van der Waals surface area contributed by atoms with E-state index in [-0.39, 0.29) is 4.90 Å². The van der Waals surface area contributed by atoms with Gasteiger partial charge in [0.25, 0.3) is 5.91 Å². The van der Waals surface area contributed by atoms with Crippen molar-refractivity contribution in [3.63, 3.8) is 0 Å². The maximum Gasteiger partial charge on any atom is 0.393 e. The molecule has 1 saturated heterocycles. The Kier molecular flexibility index (Phi) is 9.72. The van der Waals surface area contributed by atoms with Crippen molar-refractivity contribution in [1.29, 1.82) is 0 Å². The van der Waals surface area contributed by atoms with Gasteiger partial charge in [-0.15, -0.1) is 0 Å². The third-order valence-electron chi connectivity index (χ3n) is 7.19. The van der Waals surface area contributed by atoms with Crippen LogP contribution in [0, 0.1) is 0 Å². The molecule has 46 heavy (non-hydrogen) atoms. The molecule has 0 bridgehead atoms. The molecule has 0 spiro atoms. The van der Waals surface area contributed by atoms with Gasteiger partial charge >= 0.3 is 46.8 Å². The second-order valence-electron chi connectivity index (χ2n) is 10.1. The summed E-state index contributed by atoms with van der Waals surface area (Å²) in [6.07, 6.45) is 0. The molecule has 0 aromatic heterocycles. The molecule has 0 radical (unpaired) electrons. The zero-order valence-corrected chi connectivity index (χ0v) is 23.2. The van der Waals surface area contributed by atoms with Crippen molar-refractivity contribution in [3.8, 4) is 0 Å². The van der Waals surface area contributed by atoms with Gasteiger partial charge in [0.2, 0.25) is 0 Å². The third-order valence-corrected chi connectivity index (χ3v) is 7.43. The highest BCUT2D eigenvalue weighted by Gasteiger charge is 2.95. The molecule has 1 amide bonds. The summed E-state index contributed by atoms with van der Waals surface area (Å²) in [5, 5.41) is -6.87. The van der Waals surface area contributed by atoms with E-state index in [1.807, 2.05) is 0 Å². The van der Waals surface area contributed by atoms with E-state index >= 15 is 0 Å². The number of benzene rings is 2. The zero-order chi connectivity index (χ0) is 35.4. The summed E-state index contributed by atoms with van der Waals surface area (Å²) in [5.74, 6) is -60.2. The molecule has 0 atom stereocenters. The minimum atomic E-state index is -8.63. The molecule has 1 aliphatic rings. The summed E-state index contributed by atoms with van der Waals surface area (Å²) in [6, 6.07) is 15.8. The van der Waals surface area contributed by atoms with Crippen LogP contribution in [0.1, 0.15) is 17.2 Å². The summed E-state index contributed by atoms with van der Waals surface area (Å²) in [4.78, 5) is 13.6. The fraction of sp³-hybridized carbons (Fsp3) is 0.500. The van der Waals surface area contributed by atoms with E-state index in [2.05, 4.69) is 11.6 Å². The van der Waals surface area contributed by atoms with Crippen molar-refractivity contribution >= 4 is 17.5 Å². The highest BCUT2D eigenvalue weighted by Crippen LogP contribution is 2.64. The number of amides is 1. The minimum absolute atomic E-state index is 0.222. The number of carbonyl (C=O) groups is 1. The van der Waals surface area contributed by atoms with Crippen LogP contribution in [0.25, 0.3) is 0 Å². The van der Waals surface area contributed by atoms with Crippen LogP contribution in [-0.2, 0) is 4.79 Å². The van der Waals surface area contributed by atoms with Crippen LogP contribution in [0.2, 0.25) is 0 Å². The number of carbonyl (C=O) groups excluding carboxylic acids is 1. The number of alkyl halides is 17. The van der Waals surface area contributed by atoms with E-state index in [1.54, 1.807) is 60.7 Å². The van der Waals surface area contributed by atoms with Gasteiger partial charge in [0.15, 0.2) is 0 Å². The smallest absolute Gasteiger partial charge is 0.335 e. The molecule has 1 fully saturated rings. The summed E-state index contributed by atoms with van der Waals surface area (Å²) in [6.45, 7) is -2.82. The topological polar surface area (TPSA) is 23.6 Å². The normalized spacial score (nSPS) is 17.0. The van der Waals surface area contributed by atoms with Crippen LogP contribution >= 0.6 is 11.6 Å². The first kappa shape index (κ1) is 37.5. The van der Waals surface area contributed by atoms with E-state index < -0.39 is 85.0 Å². The molecule has 2 aromatic rings. The number of hydrogen-bond donors (Lipinski definition) is 0. The molecule has 3 nitrogen and oxygen atoms in total. The summed E-state index contributed by atoms with van der Waals surface area (Å²) in [5.41, 5.74) is 1.23. The highest BCUT2D eigenvalue weighted by atomic mass is 35.5. The molecular weight excluding hydrogens is 696 g/mol. The lowest BCUT2D eigenvalue weighted by molar-refractivity contribution is -0.446. The average molecular weight is 715 g/mol. The van der Waals surface area contributed by atoms with Gasteiger partial charge in [-0.1, -0.05) is 60.7 Å². The van der Waals surface area contributed by atoms with Gasteiger partial charge in [0.1, 0.15) is 0 Å².